The first kappa shape index (κ1) is 31.1. The van der Waals surface area contributed by atoms with Gasteiger partial charge in [-0.1, -0.05) is 38.1 Å². The highest BCUT2D eigenvalue weighted by Gasteiger charge is 2.38. The van der Waals surface area contributed by atoms with Crippen molar-refractivity contribution in [2.24, 2.45) is 0 Å². The molecule has 0 saturated carbocycles. The molecule has 0 aliphatic rings. The number of fused-ring (bicyclic) bond motifs is 1. The maximum Gasteiger partial charge on any atom is 0.490 e. The number of rotatable bonds is 6. The van der Waals surface area contributed by atoms with Crippen LogP contribution in [0, 0.1) is 30.2 Å². The molecule has 3 aromatic carbocycles. The molecular weight excluding hydrogens is 563 g/mol. The fraction of sp³-hybridized carbons (Fsp3) is 0.222. The number of H-pyrrole nitrogens is 1. The van der Waals surface area contributed by atoms with Gasteiger partial charge in [0.05, 0.1) is 22.2 Å². The van der Waals surface area contributed by atoms with Gasteiger partial charge in [0.1, 0.15) is 11.3 Å². The van der Waals surface area contributed by atoms with Gasteiger partial charge in [-0.05, 0) is 35.7 Å². The second-order valence-electron chi connectivity index (χ2n) is 9.09. The zero-order valence-electron chi connectivity index (χ0n) is 21.6. The molecule has 4 rings (SSSR count). The van der Waals surface area contributed by atoms with E-state index >= 15 is 17.6 Å². The van der Waals surface area contributed by atoms with E-state index in [1.165, 1.54) is 18.2 Å². The molecule has 4 N–H and O–H groups in total. The van der Waals surface area contributed by atoms with Crippen LogP contribution in [-0.4, -0.2) is 44.3 Å². The highest BCUT2D eigenvalue weighted by atomic mass is 19.4. The van der Waals surface area contributed by atoms with E-state index in [0.29, 0.717) is 12.4 Å². The summed E-state index contributed by atoms with van der Waals surface area (Å²) >= 11 is 0. The van der Waals surface area contributed by atoms with Crippen LogP contribution < -0.4 is 5.32 Å². The van der Waals surface area contributed by atoms with Crippen LogP contribution in [0.4, 0.5) is 30.7 Å². The summed E-state index contributed by atoms with van der Waals surface area (Å²) in [5.41, 5.74) is -1.47. The van der Waals surface area contributed by atoms with Gasteiger partial charge in [0.15, 0.2) is 23.3 Å². The highest BCUT2D eigenvalue weighted by Crippen LogP contribution is 2.38. The lowest BCUT2D eigenvalue weighted by molar-refractivity contribution is -0.192. The molecule has 0 spiro atoms. The number of nitrogens with zero attached hydrogens (tertiary/aromatic N) is 1. The molecule has 0 radical (unpaired) electrons. The first-order chi connectivity index (χ1) is 19.0. The van der Waals surface area contributed by atoms with E-state index in [0.717, 1.165) is 11.6 Å². The van der Waals surface area contributed by atoms with Gasteiger partial charge in [-0.3, -0.25) is 0 Å². The van der Waals surface area contributed by atoms with E-state index < -0.39 is 52.5 Å². The molecule has 0 fully saturated rings. The van der Waals surface area contributed by atoms with Crippen molar-refractivity contribution in [3.63, 3.8) is 0 Å². The molecule has 0 bridgehead atoms. The standard InChI is InChI=1S/C25H21F4N3O2.C2HF3O2/c1-11(2)30-10-13-4-6-14(7-5-13)18-20(26)22(28)19(23(29)21(18)27)15-8-16(25(33)34)24-17(9-15)31-12(3)32-24;3-2(4,5)1(6)7/h4-9,11,30H,10H2,1-3H3,(H,31,32)(H,33,34);(H,6,7). The summed E-state index contributed by atoms with van der Waals surface area (Å²) in [5, 5.41) is 19.8. The third-order valence-electron chi connectivity index (χ3n) is 5.69. The minimum Gasteiger partial charge on any atom is -0.478 e. The lowest BCUT2D eigenvalue weighted by Crippen LogP contribution is -2.21. The maximum atomic E-state index is 15.1. The summed E-state index contributed by atoms with van der Waals surface area (Å²) < 4.78 is 92.2. The average molecular weight is 585 g/mol. The van der Waals surface area contributed by atoms with Crippen LogP contribution in [0.5, 0.6) is 0 Å². The molecule has 7 nitrogen and oxygen atoms in total. The molecule has 0 saturated heterocycles. The lowest BCUT2D eigenvalue weighted by atomic mass is 9.95. The van der Waals surface area contributed by atoms with Crippen LogP contribution in [-0.2, 0) is 11.3 Å². The smallest absolute Gasteiger partial charge is 0.478 e. The first-order valence-corrected chi connectivity index (χ1v) is 11.8. The second kappa shape index (κ2) is 12.0. The fourth-order valence-electron chi connectivity index (χ4n) is 3.80. The Labute approximate surface area is 227 Å². The maximum absolute atomic E-state index is 15.1. The van der Waals surface area contributed by atoms with Crippen LogP contribution >= 0.6 is 0 Å². The Kier molecular flexibility index (Phi) is 9.06. The molecule has 0 unspecified atom stereocenters. The number of carboxylic acid groups (broad SMARTS) is 2. The number of aryl methyl sites for hydroxylation is 1. The van der Waals surface area contributed by atoms with Gasteiger partial charge >= 0.3 is 18.1 Å². The highest BCUT2D eigenvalue weighted by molar-refractivity contribution is 6.03. The summed E-state index contributed by atoms with van der Waals surface area (Å²) in [7, 11) is 0. The monoisotopic (exact) mass is 585 g/mol. The zero-order chi connectivity index (χ0) is 30.8. The summed E-state index contributed by atoms with van der Waals surface area (Å²) in [6, 6.07) is 8.39. The van der Waals surface area contributed by atoms with Crippen LogP contribution in [0.1, 0.15) is 35.6 Å². The number of imidazole rings is 1. The molecule has 0 atom stereocenters. The second-order valence-corrected chi connectivity index (χ2v) is 9.09. The van der Waals surface area contributed by atoms with Gasteiger partial charge in [0, 0.05) is 12.6 Å². The number of aromatic carboxylic acids is 1. The number of carboxylic acids is 2. The number of halogens is 7. The molecule has 0 amide bonds. The number of aliphatic carboxylic acids is 1. The summed E-state index contributed by atoms with van der Waals surface area (Å²) in [5.74, 6) is -10.2. The summed E-state index contributed by atoms with van der Waals surface area (Å²) in [4.78, 5) is 27.4. The van der Waals surface area contributed by atoms with E-state index in [4.69, 9.17) is 9.90 Å². The topological polar surface area (TPSA) is 115 Å². The normalized spacial score (nSPS) is 11.5. The third kappa shape index (κ3) is 6.82. The Morgan fingerprint density at radius 3 is 1.83 bits per heavy atom. The number of nitrogens with one attached hydrogen (secondary N) is 2. The van der Waals surface area contributed by atoms with Crippen molar-refractivity contribution in [1.82, 2.24) is 15.3 Å². The fourth-order valence-corrected chi connectivity index (χ4v) is 3.80. The Bertz CT molecular complexity index is 1590. The van der Waals surface area contributed by atoms with Crippen molar-refractivity contribution in [2.75, 3.05) is 0 Å². The van der Waals surface area contributed by atoms with Crippen LogP contribution in [0.3, 0.4) is 0 Å². The van der Waals surface area contributed by atoms with Crippen LogP contribution in [0.15, 0.2) is 36.4 Å². The van der Waals surface area contributed by atoms with E-state index in [1.807, 2.05) is 13.8 Å². The van der Waals surface area contributed by atoms with E-state index in [1.54, 1.807) is 19.1 Å². The average Bonchev–Trinajstić information content (AvgIpc) is 3.26. The van der Waals surface area contributed by atoms with Crippen molar-refractivity contribution < 1.29 is 50.5 Å². The van der Waals surface area contributed by atoms with Crippen molar-refractivity contribution in [1.29, 1.82) is 0 Å². The predicted molar refractivity (Wildman–Crippen MR) is 134 cm³/mol. The molecular formula is C27H22F7N3O4. The summed E-state index contributed by atoms with van der Waals surface area (Å²) in [6.07, 6.45) is -5.08. The van der Waals surface area contributed by atoms with Gasteiger partial charge in [-0.25, -0.2) is 32.1 Å². The predicted octanol–water partition coefficient (Wildman–Crippen LogP) is 6.59. The summed E-state index contributed by atoms with van der Waals surface area (Å²) in [6.45, 7) is 6.03. The van der Waals surface area contributed by atoms with Crippen LogP contribution in [0.2, 0.25) is 0 Å². The van der Waals surface area contributed by atoms with Gasteiger partial charge in [-0.15, -0.1) is 0 Å². The number of hydrogen-bond acceptors (Lipinski definition) is 4. The lowest BCUT2D eigenvalue weighted by Gasteiger charge is -2.14. The molecule has 0 aliphatic carbocycles. The van der Waals surface area contributed by atoms with Crippen LogP contribution in [0.25, 0.3) is 33.3 Å². The van der Waals surface area contributed by atoms with Crippen molar-refractivity contribution >= 4 is 23.0 Å². The van der Waals surface area contributed by atoms with Crippen molar-refractivity contribution in [2.45, 2.75) is 39.5 Å². The number of aromatic nitrogens is 2. The molecule has 1 heterocycles. The number of alkyl halides is 3. The SMILES string of the molecule is Cc1nc2c(C(=O)O)cc(-c3c(F)c(F)c(-c4ccc(CNC(C)C)cc4)c(F)c3F)cc2[nH]1.O=C(O)C(F)(F)F. The van der Waals surface area contributed by atoms with Crippen molar-refractivity contribution in [3.05, 3.63) is 76.6 Å². The Hall–Kier alpha value is -4.46. The van der Waals surface area contributed by atoms with E-state index in [-0.39, 0.29) is 33.8 Å². The molecule has 41 heavy (non-hydrogen) atoms. The molecule has 14 heteroatoms. The molecule has 4 aromatic rings. The van der Waals surface area contributed by atoms with E-state index in [9.17, 15) is 23.1 Å². The van der Waals surface area contributed by atoms with Gasteiger partial charge < -0.3 is 20.5 Å². The van der Waals surface area contributed by atoms with Gasteiger partial charge in [0.25, 0.3) is 0 Å². The molecule has 1 aromatic heterocycles. The zero-order valence-corrected chi connectivity index (χ0v) is 21.6. The molecule has 0 aliphatic heterocycles. The molecule has 218 valence electrons. The Morgan fingerprint density at radius 1 is 0.902 bits per heavy atom. The number of hydrogen-bond donors (Lipinski definition) is 4. The number of benzene rings is 3. The quantitative estimate of drug-likeness (QED) is 0.150. The minimum absolute atomic E-state index is 0.0292. The number of aromatic amines is 1. The third-order valence-corrected chi connectivity index (χ3v) is 5.69. The van der Waals surface area contributed by atoms with E-state index in [2.05, 4.69) is 15.3 Å². The number of carbonyl (C=O) groups is 2. The largest absolute Gasteiger partial charge is 0.490 e. The minimum atomic E-state index is -5.08. The first-order valence-electron chi connectivity index (χ1n) is 11.8. The van der Waals surface area contributed by atoms with Gasteiger partial charge in [-0.2, -0.15) is 13.2 Å². The van der Waals surface area contributed by atoms with Gasteiger partial charge in [0.2, 0.25) is 0 Å². The Balaban J connectivity index is 0.000000587. The van der Waals surface area contributed by atoms with Crippen molar-refractivity contribution in [3.8, 4) is 22.3 Å². The Morgan fingerprint density at radius 2 is 1.39 bits per heavy atom.